The molecule has 1 heterocycles. The van der Waals surface area contributed by atoms with E-state index in [0.29, 0.717) is 16.8 Å². The minimum absolute atomic E-state index is 0.370. The molecule has 0 aliphatic heterocycles. The van der Waals surface area contributed by atoms with E-state index in [0.717, 1.165) is 12.2 Å². The molecule has 3 rings (SSSR count). The highest BCUT2D eigenvalue weighted by atomic mass is 79.9. The number of aromatic nitrogens is 3. The number of nitrogens with zero attached hydrogens (tertiary/aromatic N) is 3. The van der Waals surface area contributed by atoms with Crippen LogP contribution in [0, 0.1) is 5.92 Å². The van der Waals surface area contributed by atoms with Gasteiger partial charge in [0.05, 0.1) is 0 Å². The molecule has 21 heavy (non-hydrogen) atoms. The van der Waals surface area contributed by atoms with Crippen LogP contribution in [0.4, 0.5) is 0 Å². The summed E-state index contributed by atoms with van der Waals surface area (Å²) in [6, 6.07) is 9.19. The third kappa shape index (κ3) is 3.05. The molecule has 2 atom stereocenters. The van der Waals surface area contributed by atoms with E-state index in [2.05, 4.69) is 68.8 Å². The summed E-state index contributed by atoms with van der Waals surface area (Å²) in [5, 5.41) is 4.36. The number of hydrogen-bond donors (Lipinski definition) is 0. The monoisotopic (exact) mass is 347 g/mol. The number of fused-ring (bicyclic) bond motifs is 1. The first-order valence-electron chi connectivity index (χ1n) is 7.77. The van der Waals surface area contributed by atoms with Crippen LogP contribution in [0.25, 0.3) is 0 Å². The molecule has 0 radical (unpaired) electrons. The standard InChI is InChI=1S/C17H22BrN3/c1-12(2)21-16(19-11-20-21)10-14-8-5-7-13-6-3-4-9-15(13)17(14)18/h3-4,6,9,11-12,14,17H,5,7-8,10H2,1-2H3. The predicted molar refractivity (Wildman–Crippen MR) is 88.6 cm³/mol. The van der Waals surface area contributed by atoms with Crippen molar-refractivity contribution in [1.82, 2.24) is 14.8 Å². The summed E-state index contributed by atoms with van der Waals surface area (Å²) in [4.78, 5) is 4.89. The molecule has 0 spiro atoms. The first-order valence-corrected chi connectivity index (χ1v) is 8.68. The molecule has 0 saturated carbocycles. The molecule has 1 aliphatic carbocycles. The van der Waals surface area contributed by atoms with Crippen molar-refractivity contribution in [3.63, 3.8) is 0 Å². The van der Waals surface area contributed by atoms with Crippen LogP contribution in [-0.2, 0) is 12.8 Å². The first-order chi connectivity index (χ1) is 10.2. The molecule has 1 aromatic carbocycles. The van der Waals surface area contributed by atoms with Gasteiger partial charge in [0.25, 0.3) is 0 Å². The van der Waals surface area contributed by atoms with E-state index in [-0.39, 0.29) is 0 Å². The molecule has 0 fully saturated rings. The van der Waals surface area contributed by atoms with Gasteiger partial charge in [-0.3, -0.25) is 0 Å². The summed E-state index contributed by atoms with van der Waals surface area (Å²) in [6.45, 7) is 4.32. The lowest BCUT2D eigenvalue weighted by molar-refractivity contribution is 0.429. The Kier molecular flexibility index (Phi) is 4.43. The number of hydrogen-bond acceptors (Lipinski definition) is 2. The molecule has 1 aliphatic rings. The summed E-state index contributed by atoms with van der Waals surface area (Å²) >= 11 is 3.95. The third-order valence-electron chi connectivity index (χ3n) is 4.37. The van der Waals surface area contributed by atoms with Crippen LogP contribution < -0.4 is 0 Å². The highest BCUT2D eigenvalue weighted by Gasteiger charge is 2.27. The predicted octanol–water partition coefficient (Wildman–Crippen LogP) is 4.49. The fraction of sp³-hybridized carbons (Fsp3) is 0.529. The van der Waals surface area contributed by atoms with Crippen molar-refractivity contribution in [2.45, 2.75) is 50.4 Å². The summed E-state index contributed by atoms with van der Waals surface area (Å²) in [6.07, 6.45) is 6.34. The van der Waals surface area contributed by atoms with Gasteiger partial charge in [0.15, 0.2) is 0 Å². The van der Waals surface area contributed by atoms with Crippen LogP contribution >= 0.6 is 15.9 Å². The topological polar surface area (TPSA) is 30.7 Å². The lowest BCUT2D eigenvalue weighted by Gasteiger charge is -2.22. The van der Waals surface area contributed by atoms with E-state index in [1.54, 1.807) is 6.33 Å². The second-order valence-corrected chi connectivity index (χ2v) is 7.16. The van der Waals surface area contributed by atoms with Crippen molar-refractivity contribution in [1.29, 1.82) is 0 Å². The second kappa shape index (κ2) is 6.30. The van der Waals surface area contributed by atoms with Gasteiger partial charge in [-0.1, -0.05) is 40.2 Å². The van der Waals surface area contributed by atoms with E-state index in [9.17, 15) is 0 Å². The van der Waals surface area contributed by atoms with Gasteiger partial charge in [0.2, 0.25) is 0 Å². The number of rotatable bonds is 3. The van der Waals surface area contributed by atoms with Crippen LogP contribution in [0.15, 0.2) is 30.6 Å². The molecule has 0 N–H and O–H groups in total. The van der Waals surface area contributed by atoms with Gasteiger partial charge < -0.3 is 0 Å². The van der Waals surface area contributed by atoms with Crippen molar-refractivity contribution in [2.75, 3.05) is 0 Å². The molecule has 112 valence electrons. The second-order valence-electron chi connectivity index (χ2n) is 6.17. The van der Waals surface area contributed by atoms with E-state index in [1.165, 1.54) is 30.4 Å². The smallest absolute Gasteiger partial charge is 0.138 e. The van der Waals surface area contributed by atoms with E-state index in [1.807, 2.05) is 0 Å². The number of aryl methyl sites for hydroxylation is 1. The average Bonchev–Trinajstić information content (AvgIpc) is 2.88. The third-order valence-corrected chi connectivity index (χ3v) is 5.61. The van der Waals surface area contributed by atoms with Gasteiger partial charge in [0, 0.05) is 17.3 Å². The van der Waals surface area contributed by atoms with Crippen molar-refractivity contribution in [3.05, 3.63) is 47.5 Å². The lowest BCUT2D eigenvalue weighted by atomic mass is 9.93. The SMILES string of the molecule is CC(C)n1ncnc1CC1CCCc2ccccc2C1Br. The Bertz CT molecular complexity index is 606. The zero-order valence-corrected chi connectivity index (χ0v) is 14.3. The fourth-order valence-corrected chi connectivity index (χ4v) is 4.18. The fourth-order valence-electron chi connectivity index (χ4n) is 3.28. The molecular formula is C17H22BrN3. The van der Waals surface area contributed by atoms with Crippen molar-refractivity contribution >= 4 is 15.9 Å². The quantitative estimate of drug-likeness (QED) is 0.604. The molecule has 3 nitrogen and oxygen atoms in total. The summed E-state index contributed by atoms with van der Waals surface area (Å²) in [7, 11) is 0. The van der Waals surface area contributed by atoms with E-state index in [4.69, 9.17) is 0 Å². The molecule has 2 aromatic rings. The average molecular weight is 348 g/mol. The molecule has 0 amide bonds. The summed E-state index contributed by atoms with van der Waals surface area (Å²) < 4.78 is 2.05. The van der Waals surface area contributed by atoms with Gasteiger partial charge in [-0.15, -0.1) is 0 Å². The zero-order chi connectivity index (χ0) is 14.8. The van der Waals surface area contributed by atoms with Crippen LogP contribution in [0.1, 0.15) is 54.5 Å². The Balaban J connectivity index is 1.84. The van der Waals surface area contributed by atoms with Gasteiger partial charge in [-0.25, -0.2) is 9.67 Å². The molecule has 0 bridgehead atoms. The van der Waals surface area contributed by atoms with Crippen molar-refractivity contribution < 1.29 is 0 Å². The molecule has 0 saturated heterocycles. The first kappa shape index (κ1) is 14.8. The zero-order valence-electron chi connectivity index (χ0n) is 12.7. The minimum atomic E-state index is 0.370. The highest BCUT2D eigenvalue weighted by molar-refractivity contribution is 9.09. The molecular weight excluding hydrogens is 326 g/mol. The maximum Gasteiger partial charge on any atom is 0.138 e. The van der Waals surface area contributed by atoms with Crippen LogP contribution in [-0.4, -0.2) is 14.8 Å². The molecule has 1 aromatic heterocycles. The Morgan fingerprint density at radius 2 is 2.14 bits per heavy atom. The Morgan fingerprint density at radius 1 is 1.33 bits per heavy atom. The summed E-state index contributed by atoms with van der Waals surface area (Å²) in [5.74, 6) is 1.69. The largest absolute Gasteiger partial charge is 0.248 e. The molecule has 2 unspecified atom stereocenters. The van der Waals surface area contributed by atoms with Crippen molar-refractivity contribution in [3.8, 4) is 0 Å². The van der Waals surface area contributed by atoms with E-state index < -0.39 is 0 Å². The lowest BCUT2D eigenvalue weighted by Crippen LogP contribution is -2.16. The Morgan fingerprint density at radius 3 is 2.95 bits per heavy atom. The van der Waals surface area contributed by atoms with E-state index >= 15 is 0 Å². The summed E-state index contributed by atoms with van der Waals surface area (Å²) in [5.41, 5.74) is 2.95. The van der Waals surface area contributed by atoms with Gasteiger partial charge in [-0.05, 0) is 50.2 Å². The Hall–Kier alpha value is -1.16. The maximum atomic E-state index is 4.48. The maximum absolute atomic E-state index is 4.48. The number of halogens is 1. The van der Waals surface area contributed by atoms with Crippen LogP contribution in [0.3, 0.4) is 0 Å². The minimum Gasteiger partial charge on any atom is -0.248 e. The number of benzene rings is 1. The Labute approximate surface area is 134 Å². The van der Waals surface area contributed by atoms with Crippen LogP contribution in [0.5, 0.6) is 0 Å². The van der Waals surface area contributed by atoms with Crippen molar-refractivity contribution in [2.24, 2.45) is 5.92 Å². The molecule has 4 heteroatoms. The normalized spacial score (nSPS) is 22.1. The highest BCUT2D eigenvalue weighted by Crippen LogP contribution is 2.40. The van der Waals surface area contributed by atoms with Gasteiger partial charge in [0.1, 0.15) is 12.2 Å². The van der Waals surface area contributed by atoms with Crippen LogP contribution in [0.2, 0.25) is 0 Å². The van der Waals surface area contributed by atoms with Gasteiger partial charge in [-0.2, -0.15) is 5.10 Å². The van der Waals surface area contributed by atoms with Gasteiger partial charge >= 0.3 is 0 Å². The number of alkyl halides is 1.